The second-order valence-electron chi connectivity index (χ2n) is 8.30. The van der Waals surface area contributed by atoms with Crippen molar-refractivity contribution in [2.75, 3.05) is 11.9 Å². The van der Waals surface area contributed by atoms with E-state index in [4.69, 9.17) is 14.0 Å². The summed E-state index contributed by atoms with van der Waals surface area (Å²) in [5.41, 5.74) is 4.85. The first kappa shape index (κ1) is 22.6. The molecule has 0 aliphatic heterocycles. The number of ether oxygens (including phenoxy) is 2. The van der Waals surface area contributed by atoms with Crippen LogP contribution in [-0.2, 0) is 20.7 Å². The van der Waals surface area contributed by atoms with Crippen LogP contribution in [0.2, 0.25) is 0 Å². The van der Waals surface area contributed by atoms with E-state index >= 15 is 0 Å². The molecular weight excluding hydrogens is 420 g/mol. The smallest absolute Gasteiger partial charge is 0.412 e. The summed E-state index contributed by atoms with van der Waals surface area (Å²) < 4.78 is 16.0. The molecule has 1 saturated carbocycles. The lowest BCUT2D eigenvalue weighted by Gasteiger charge is -2.13. The first-order valence-corrected chi connectivity index (χ1v) is 11.2. The van der Waals surface area contributed by atoms with Crippen molar-refractivity contribution in [3.05, 3.63) is 59.8 Å². The SMILES string of the molecule is CCOC(=O)Cc1ccc(-c2ccc(-c3onc(C)c3NC(=O)OC(C)C3CC3)cc2)cc1. The second kappa shape index (κ2) is 9.90. The van der Waals surface area contributed by atoms with Gasteiger partial charge in [0.2, 0.25) is 0 Å². The number of carbonyl (C=O) groups is 2. The lowest BCUT2D eigenvalue weighted by atomic mass is 10.0. The van der Waals surface area contributed by atoms with Crippen molar-refractivity contribution in [2.24, 2.45) is 5.92 Å². The van der Waals surface area contributed by atoms with Crippen LogP contribution >= 0.6 is 0 Å². The number of anilines is 1. The molecule has 1 N–H and O–H groups in total. The molecule has 1 aliphatic rings. The van der Waals surface area contributed by atoms with Crippen molar-refractivity contribution < 1.29 is 23.6 Å². The van der Waals surface area contributed by atoms with Gasteiger partial charge in [0, 0.05) is 5.56 Å². The molecule has 1 fully saturated rings. The number of hydrogen-bond donors (Lipinski definition) is 1. The fourth-order valence-corrected chi connectivity index (χ4v) is 3.68. The summed E-state index contributed by atoms with van der Waals surface area (Å²) in [7, 11) is 0. The second-order valence-corrected chi connectivity index (χ2v) is 8.30. The average Bonchev–Trinajstić information content (AvgIpc) is 3.59. The Kier molecular flexibility index (Phi) is 6.77. The van der Waals surface area contributed by atoms with Crippen LogP contribution in [0.15, 0.2) is 53.1 Å². The molecule has 33 heavy (non-hydrogen) atoms. The Balaban J connectivity index is 1.45. The molecule has 1 atom stereocenters. The minimum absolute atomic E-state index is 0.100. The molecule has 3 aromatic rings. The maximum atomic E-state index is 12.3. The molecule has 1 heterocycles. The molecule has 1 unspecified atom stereocenters. The van der Waals surface area contributed by atoms with Crippen LogP contribution in [0.3, 0.4) is 0 Å². The van der Waals surface area contributed by atoms with Crippen LogP contribution in [0.5, 0.6) is 0 Å². The van der Waals surface area contributed by atoms with Gasteiger partial charge in [-0.2, -0.15) is 0 Å². The van der Waals surface area contributed by atoms with E-state index in [0.717, 1.165) is 35.1 Å². The highest BCUT2D eigenvalue weighted by molar-refractivity contribution is 5.91. The number of benzene rings is 2. The van der Waals surface area contributed by atoms with Gasteiger partial charge in [-0.25, -0.2) is 4.79 Å². The summed E-state index contributed by atoms with van der Waals surface area (Å²) in [4.78, 5) is 24.0. The third-order valence-electron chi connectivity index (χ3n) is 5.76. The molecule has 0 spiro atoms. The highest BCUT2D eigenvalue weighted by Crippen LogP contribution is 2.35. The number of rotatable bonds is 8. The van der Waals surface area contributed by atoms with E-state index in [2.05, 4.69) is 10.5 Å². The number of nitrogens with one attached hydrogen (secondary N) is 1. The summed E-state index contributed by atoms with van der Waals surface area (Å²) in [5.74, 6) is 0.720. The number of carbonyl (C=O) groups excluding carboxylic acids is 2. The third-order valence-corrected chi connectivity index (χ3v) is 5.76. The van der Waals surface area contributed by atoms with Crippen molar-refractivity contribution in [3.8, 4) is 22.5 Å². The Bertz CT molecular complexity index is 1110. The van der Waals surface area contributed by atoms with Crippen molar-refractivity contribution in [2.45, 2.75) is 46.1 Å². The van der Waals surface area contributed by atoms with Crippen LogP contribution in [0.1, 0.15) is 37.9 Å². The normalized spacial score (nSPS) is 13.9. The van der Waals surface area contributed by atoms with Gasteiger partial charge in [0.25, 0.3) is 0 Å². The molecule has 1 aliphatic carbocycles. The van der Waals surface area contributed by atoms with Crippen molar-refractivity contribution in [1.29, 1.82) is 0 Å². The van der Waals surface area contributed by atoms with Gasteiger partial charge in [0.05, 0.1) is 13.0 Å². The van der Waals surface area contributed by atoms with E-state index in [1.54, 1.807) is 13.8 Å². The van der Waals surface area contributed by atoms with Gasteiger partial charge in [-0.3, -0.25) is 10.1 Å². The zero-order chi connectivity index (χ0) is 23.4. The van der Waals surface area contributed by atoms with Gasteiger partial charge >= 0.3 is 12.1 Å². The molecule has 1 amide bonds. The number of aromatic nitrogens is 1. The Morgan fingerprint density at radius 2 is 1.67 bits per heavy atom. The average molecular weight is 449 g/mol. The van der Waals surface area contributed by atoms with Gasteiger partial charge in [0.15, 0.2) is 5.76 Å². The minimum atomic E-state index is -0.499. The predicted molar refractivity (Wildman–Crippen MR) is 125 cm³/mol. The summed E-state index contributed by atoms with van der Waals surface area (Å²) in [6.07, 6.45) is 1.87. The number of nitrogens with zero attached hydrogens (tertiary/aromatic N) is 1. The quantitative estimate of drug-likeness (QED) is 0.440. The Labute approximate surface area is 193 Å². The molecule has 7 heteroatoms. The van der Waals surface area contributed by atoms with E-state index in [1.165, 1.54) is 0 Å². The Hall–Kier alpha value is -3.61. The minimum Gasteiger partial charge on any atom is -0.466 e. The highest BCUT2D eigenvalue weighted by atomic mass is 16.6. The van der Waals surface area contributed by atoms with Gasteiger partial charge in [-0.1, -0.05) is 53.7 Å². The molecule has 1 aromatic heterocycles. The van der Waals surface area contributed by atoms with Gasteiger partial charge in [-0.05, 0) is 56.2 Å². The number of amides is 1. The first-order chi connectivity index (χ1) is 15.9. The molecule has 7 nitrogen and oxygen atoms in total. The van der Waals surface area contributed by atoms with E-state index in [0.29, 0.717) is 29.7 Å². The van der Waals surface area contributed by atoms with E-state index < -0.39 is 6.09 Å². The lowest BCUT2D eigenvalue weighted by Crippen LogP contribution is -2.21. The number of esters is 1. The zero-order valence-corrected chi connectivity index (χ0v) is 19.1. The number of hydrogen-bond acceptors (Lipinski definition) is 6. The standard InChI is InChI=1S/C26H28N2O5/c1-4-31-23(29)15-18-5-7-20(8-6-18)21-11-13-22(14-12-21)25-24(16(2)28-33-25)27-26(30)32-17(3)19-9-10-19/h5-8,11-14,17,19H,4,9-10,15H2,1-3H3,(H,27,30). The molecule has 172 valence electrons. The van der Waals surface area contributed by atoms with Crippen molar-refractivity contribution in [3.63, 3.8) is 0 Å². The largest absolute Gasteiger partial charge is 0.466 e. The summed E-state index contributed by atoms with van der Waals surface area (Å²) in [5, 5.41) is 6.81. The topological polar surface area (TPSA) is 90.7 Å². The van der Waals surface area contributed by atoms with E-state index in [9.17, 15) is 9.59 Å². The van der Waals surface area contributed by atoms with Gasteiger partial charge < -0.3 is 14.0 Å². The monoisotopic (exact) mass is 448 g/mol. The fourth-order valence-electron chi connectivity index (χ4n) is 3.68. The summed E-state index contributed by atoms with van der Waals surface area (Å²) >= 11 is 0. The molecule has 0 radical (unpaired) electrons. The summed E-state index contributed by atoms with van der Waals surface area (Å²) in [6, 6.07) is 15.6. The molecule has 0 bridgehead atoms. The first-order valence-electron chi connectivity index (χ1n) is 11.2. The fraction of sp³-hybridized carbons (Fsp3) is 0.346. The Morgan fingerprint density at radius 3 is 2.27 bits per heavy atom. The van der Waals surface area contributed by atoms with Crippen LogP contribution in [0.4, 0.5) is 10.5 Å². The zero-order valence-electron chi connectivity index (χ0n) is 19.1. The molecule has 0 saturated heterocycles. The third kappa shape index (κ3) is 5.61. The van der Waals surface area contributed by atoms with Crippen molar-refractivity contribution in [1.82, 2.24) is 5.16 Å². The van der Waals surface area contributed by atoms with Gasteiger partial charge in [-0.15, -0.1) is 0 Å². The van der Waals surface area contributed by atoms with Crippen LogP contribution in [0, 0.1) is 12.8 Å². The number of aryl methyl sites for hydroxylation is 1. The van der Waals surface area contributed by atoms with E-state index in [-0.39, 0.29) is 18.5 Å². The van der Waals surface area contributed by atoms with Gasteiger partial charge in [0.1, 0.15) is 17.5 Å². The highest BCUT2D eigenvalue weighted by Gasteiger charge is 2.31. The van der Waals surface area contributed by atoms with Crippen LogP contribution < -0.4 is 5.32 Å². The van der Waals surface area contributed by atoms with Crippen molar-refractivity contribution >= 4 is 17.7 Å². The molecule has 4 rings (SSSR count). The summed E-state index contributed by atoms with van der Waals surface area (Å²) in [6.45, 7) is 5.87. The maximum Gasteiger partial charge on any atom is 0.412 e. The molecular formula is C26H28N2O5. The van der Waals surface area contributed by atoms with E-state index in [1.807, 2.05) is 55.5 Å². The lowest BCUT2D eigenvalue weighted by molar-refractivity contribution is -0.142. The molecule has 2 aromatic carbocycles. The predicted octanol–water partition coefficient (Wildman–Crippen LogP) is 5.77. The van der Waals surface area contributed by atoms with Crippen LogP contribution in [0.25, 0.3) is 22.5 Å². The van der Waals surface area contributed by atoms with Crippen LogP contribution in [-0.4, -0.2) is 29.9 Å². The maximum absolute atomic E-state index is 12.3. The Morgan fingerprint density at radius 1 is 1.06 bits per heavy atom.